The van der Waals surface area contributed by atoms with Gasteiger partial charge in [0.25, 0.3) is 0 Å². The van der Waals surface area contributed by atoms with E-state index in [1.165, 1.54) is 11.8 Å². The van der Waals surface area contributed by atoms with Crippen LogP contribution in [0.15, 0.2) is 5.16 Å². The van der Waals surface area contributed by atoms with Crippen molar-refractivity contribution in [3.05, 3.63) is 5.82 Å². The summed E-state index contributed by atoms with van der Waals surface area (Å²) in [6, 6.07) is 0.461. The van der Waals surface area contributed by atoms with Gasteiger partial charge in [-0.1, -0.05) is 11.8 Å². The highest BCUT2D eigenvalue weighted by atomic mass is 32.2. The van der Waals surface area contributed by atoms with Crippen molar-refractivity contribution in [3.63, 3.8) is 0 Å². The molecule has 6 nitrogen and oxygen atoms in total. The highest BCUT2D eigenvalue weighted by Crippen LogP contribution is 2.43. The first-order valence-electron chi connectivity index (χ1n) is 6.69. The van der Waals surface area contributed by atoms with Gasteiger partial charge in [-0.3, -0.25) is 15.2 Å². The molecule has 2 aliphatic rings. The van der Waals surface area contributed by atoms with Crippen LogP contribution < -0.4 is 11.1 Å². The van der Waals surface area contributed by atoms with Crippen LogP contribution in [0.4, 0.5) is 0 Å². The molecule has 1 aromatic rings. The standard InChI is InChI=1S/C12H19N5OS/c1-7-14-11(17-16-7)19-6-12(10(13)18,8-2-3-8)15-9-4-5-9/h8-9,15H,2-6H2,1H3,(H2,13,18)(H,14,16,17). The van der Waals surface area contributed by atoms with Gasteiger partial charge >= 0.3 is 0 Å². The molecule has 0 spiro atoms. The van der Waals surface area contributed by atoms with Gasteiger partial charge in [-0.2, -0.15) is 0 Å². The van der Waals surface area contributed by atoms with E-state index >= 15 is 0 Å². The van der Waals surface area contributed by atoms with Crippen LogP contribution in [0.2, 0.25) is 0 Å². The number of hydrogen-bond donors (Lipinski definition) is 3. The maximum atomic E-state index is 12.0. The second-order valence-electron chi connectivity index (χ2n) is 5.52. The molecule has 1 atom stereocenters. The first-order chi connectivity index (χ1) is 9.10. The third-order valence-electron chi connectivity index (χ3n) is 3.76. The predicted molar refractivity (Wildman–Crippen MR) is 72.7 cm³/mol. The molecule has 0 radical (unpaired) electrons. The Balaban J connectivity index is 1.72. The molecule has 1 aromatic heterocycles. The molecule has 3 rings (SSSR count). The summed E-state index contributed by atoms with van der Waals surface area (Å²) in [5, 5.41) is 11.1. The molecule has 1 unspecified atom stereocenters. The minimum atomic E-state index is -0.583. The molecule has 4 N–H and O–H groups in total. The number of primary amides is 1. The molecule has 2 saturated carbocycles. The summed E-state index contributed by atoms with van der Waals surface area (Å²) < 4.78 is 0. The summed E-state index contributed by atoms with van der Waals surface area (Å²) in [7, 11) is 0. The molecule has 7 heteroatoms. The molecule has 0 bridgehead atoms. The first-order valence-corrected chi connectivity index (χ1v) is 7.68. The second-order valence-corrected chi connectivity index (χ2v) is 6.46. The van der Waals surface area contributed by atoms with E-state index in [2.05, 4.69) is 20.5 Å². The van der Waals surface area contributed by atoms with Crippen molar-refractivity contribution in [3.8, 4) is 0 Å². The van der Waals surface area contributed by atoms with E-state index in [9.17, 15) is 4.79 Å². The number of aromatic nitrogens is 3. The van der Waals surface area contributed by atoms with Gasteiger partial charge in [0.05, 0.1) is 0 Å². The molecule has 104 valence electrons. The van der Waals surface area contributed by atoms with Gasteiger partial charge < -0.3 is 5.73 Å². The lowest BCUT2D eigenvalue weighted by molar-refractivity contribution is -0.124. The number of carbonyl (C=O) groups is 1. The van der Waals surface area contributed by atoms with Crippen LogP contribution in [-0.2, 0) is 4.79 Å². The quantitative estimate of drug-likeness (QED) is 0.636. The van der Waals surface area contributed by atoms with Crippen molar-refractivity contribution in [1.29, 1.82) is 0 Å². The molecule has 0 saturated heterocycles. The summed E-state index contributed by atoms with van der Waals surface area (Å²) in [6.07, 6.45) is 4.45. The average molecular weight is 281 g/mol. The van der Waals surface area contributed by atoms with E-state index in [0.29, 0.717) is 22.9 Å². The van der Waals surface area contributed by atoms with Gasteiger partial charge in [0.1, 0.15) is 11.4 Å². The minimum Gasteiger partial charge on any atom is -0.368 e. The second kappa shape index (κ2) is 4.79. The van der Waals surface area contributed by atoms with Crippen LogP contribution in [-0.4, -0.2) is 38.4 Å². The van der Waals surface area contributed by atoms with E-state index in [1.807, 2.05) is 6.92 Å². The lowest BCUT2D eigenvalue weighted by Crippen LogP contribution is -2.60. The van der Waals surface area contributed by atoms with Crippen LogP contribution in [0, 0.1) is 12.8 Å². The number of thioether (sulfide) groups is 1. The summed E-state index contributed by atoms with van der Waals surface area (Å²) in [5.41, 5.74) is 5.11. The van der Waals surface area contributed by atoms with Crippen LogP contribution >= 0.6 is 11.8 Å². The summed E-state index contributed by atoms with van der Waals surface area (Å²) in [4.78, 5) is 16.3. The third-order valence-corrected chi connectivity index (χ3v) is 4.80. The van der Waals surface area contributed by atoms with Crippen LogP contribution in [0.25, 0.3) is 0 Å². The molecular weight excluding hydrogens is 262 g/mol. The predicted octanol–water partition coefficient (Wildman–Crippen LogP) is 0.591. The van der Waals surface area contributed by atoms with Gasteiger partial charge in [-0.15, -0.1) is 5.10 Å². The van der Waals surface area contributed by atoms with Crippen molar-refractivity contribution in [2.45, 2.75) is 49.3 Å². The van der Waals surface area contributed by atoms with E-state index in [1.54, 1.807) is 0 Å². The Bertz CT molecular complexity index is 482. The molecular formula is C12H19N5OS. The van der Waals surface area contributed by atoms with E-state index in [4.69, 9.17) is 5.73 Å². The molecule has 1 amide bonds. The highest BCUT2D eigenvalue weighted by Gasteiger charge is 2.51. The minimum absolute atomic E-state index is 0.235. The van der Waals surface area contributed by atoms with Crippen molar-refractivity contribution >= 4 is 17.7 Å². The first kappa shape index (κ1) is 12.9. The van der Waals surface area contributed by atoms with Crippen LogP contribution in [0.3, 0.4) is 0 Å². The Hall–Kier alpha value is -1.08. The number of aryl methyl sites for hydroxylation is 1. The number of hydrogen-bond acceptors (Lipinski definition) is 5. The largest absolute Gasteiger partial charge is 0.368 e. The van der Waals surface area contributed by atoms with E-state index in [0.717, 1.165) is 31.5 Å². The molecule has 0 aromatic carbocycles. The Morgan fingerprint density at radius 1 is 1.53 bits per heavy atom. The molecule has 0 aliphatic heterocycles. The van der Waals surface area contributed by atoms with Gasteiger partial charge in [0.15, 0.2) is 0 Å². The number of nitrogens with two attached hydrogens (primary N) is 1. The summed E-state index contributed by atoms with van der Waals surface area (Å²) in [6.45, 7) is 1.86. The van der Waals surface area contributed by atoms with Gasteiger partial charge in [0.2, 0.25) is 11.1 Å². The third kappa shape index (κ3) is 2.76. The van der Waals surface area contributed by atoms with Gasteiger partial charge in [-0.05, 0) is 38.5 Å². The normalized spacial score (nSPS) is 22.2. The molecule has 1 heterocycles. The van der Waals surface area contributed by atoms with Crippen molar-refractivity contribution in [2.24, 2.45) is 11.7 Å². The zero-order valence-corrected chi connectivity index (χ0v) is 11.8. The Morgan fingerprint density at radius 3 is 2.74 bits per heavy atom. The zero-order chi connectivity index (χ0) is 13.5. The topological polar surface area (TPSA) is 96.7 Å². The van der Waals surface area contributed by atoms with Crippen molar-refractivity contribution < 1.29 is 4.79 Å². The van der Waals surface area contributed by atoms with Gasteiger partial charge in [-0.25, -0.2) is 4.98 Å². The number of carbonyl (C=O) groups excluding carboxylic acids is 1. The highest BCUT2D eigenvalue weighted by molar-refractivity contribution is 7.99. The smallest absolute Gasteiger partial charge is 0.238 e. The number of amides is 1. The lowest BCUT2D eigenvalue weighted by Gasteiger charge is -2.31. The Morgan fingerprint density at radius 2 is 2.26 bits per heavy atom. The van der Waals surface area contributed by atoms with Crippen molar-refractivity contribution in [1.82, 2.24) is 20.5 Å². The molecule has 2 fully saturated rings. The zero-order valence-electron chi connectivity index (χ0n) is 11.0. The maximum Gasteiger partial charge on any atom is 0.238 e. The number of nitrogens with zero attached hydrogens (tertiary/aromatic N) is 2. The fourth-order valence-electron chi connectivity index (χ4n) is 2.35. The monoisotopic (exact) mass is 281 g/mol. The molecule has 2 aliphatic carbocycles. The number of nitrogens with one attached hydrogen (secondary N) is 2. The molecule has 19 heavy (non-hydrogen) atoms. The Kier molecular flexibility index (Phi) is 3.26. The van der Waals surface area contributed by atoms with Gasteiger partial charge in [0, 0.05) is 11.8 Å². The van der Waals surface area contributed by atoms with E-state index in [-0.39, 0.29) is 5.91 Å². The van der Waals surface area contributed by atoms with Crippen molar-refractivity contribution in [2.75, 3.05) is 5.75 Å². The fourth-order valence-corrected chi connectivity index (χ4v) is 3.48. The SMILES string of the molecule is Cc1nc(SCC(NC2CC2)(C(N)=O)C2CC2)n[nH]1. The summed E-state index contributed by atoms with van der Waals surface area (Å²) >= 11 is 1.50. The lowest BCUT2D eigenvalue weighted by atomic mass is 9.94. The van der Waals surface area contributed by atoms with Crippen LogP contribution in [0.1, 0.15) is 31.5 Å². The average Bonchev–Trinajstić information content (AvgIpc) is 3.25. The summed E-state index contributed by atoms with van der Waals surface area (Å²) in [5.74, 6) is 1.54. The van der Waals surface area contributed by atoms with Crippen LogP contribution in [0.5, 0.6) is 0 Å². The fraction of sp³-hybridized carbons (Fsp3) is 0.750. The number of rotatable bonds is 7. The van der Waals surface area contributed by atoms with E-state index < -0.39 is 5.54 Å². The Labute approximate surface area is 116 Å². The maximum absolute atomic E-state index is 12.0. The number of aromatic amines is 1. The number of H-pyrrole nitrogens is 1.